The Hall–Kier alpha value is -3.20. The summed E-state index contributed by atoms with van der Waals surface area (Å²) in [5, 5.41) is 2.84. The van der Waals surface area contributed by atoms with Crippen molar-refractivity contribution in [3.05, 3.63) is 59.7 Å². The number of amides is 3. The molecule has 0 aliphatic carbocycles. The largest absolute Gasteiger partial charge is 0.418 e. The summed E-state index contributed by atoms with van der Waals surface area (Å²) in [6.45, 7) is 0.541. The second-order valence-electron chi connectivity index (χ2n) is 8.70. The maximum atomic E-state index is 13.8. The number of halogens is 3. The molecule has 0 radical (unpaired) electrons. The van der Waals surface area contributed by atoms with Crippen LogP contribution in [-0.2, 0) is 26.1 Å². The third-order valence-corrected chi connectivity index (χ3v) is 7.35. The van der Waals surface area contributed by atoms with Gasteiger partial charge in [-0.15, -0.1) is 0 Å². The lowest BCUT2D eigenvalue weighted by molar-refractivity contribution is -0.138. The lowest BCUT2D eigenvalue weighted by atomic mass is 9.75. The van der Waals surface area contributed by atoms with Crippen molar-refractivity contribution >= 4 is 29.1 Å². The summed E-state index contributed by atoms with van der Waals surface area (Å²) in [6.07, 6.45) is -3.39. The van der Waals surface area contributed by atoms with Crippen LogP contribution in [0, 0.1) is 11.8 Å². The topological polar surface area (TPSA) is 69.7 Å². The van der Waals surface area contributed by atoms with Gasteiger partial charge >= 0.3 is 6.18 Å². The van der Waals surface area contributed by atoms with Crippen molar-refractivity contribution in [1.29, 1.82) is 0 Å². The summed E-state index contributed by atoms with van der Waals surface area (Å²) >= 11 is 0. The van der Waals surface area contributed by atoms with Crippen LogP contribution in [0.3, 0.4) is 0 Å². The maximum absolute atomic E-state index is 13.8. The highest BCUT2D eigenvalue weighted by Gasteiger charge is 2.74. The van der Waals surface area contributed by atoms with Crippen molar-refractivity contribution in [1.82, 2.24) is 4.90 Å². The summed E-state index contributed by atoms with van der Waals surface area (Å²) in [4.78, 5) is 43.4. The minimum Gasteiger partial charge on any atom is -0.324 e. The molecule has 9 heteroatoms. The van der Waals surface area contributed by atoms with Gasteiger partial charge in [-0.05, 0) is 37.6 Å². The SMILES string of the molecule is O=C1[C@H]2[C@@H](C(=O)N1c1ccccc1C(F)(F)F)[C@@]1(C(=O)Nc3ccccc31)N1CCC[C@@H]21. The van der Waals surface area contributed by atoms with E-state index in [1.807, 2.05) is 4.90 Å². The number of carbonyl (C=O) groups excluding carboxylic acids is 3. The Kier molecular flexibility index (Phi) is 3.77. The van der Waals surface area contributed by atoms with Crippen LogP contribution in [0.2, 0.25) is 0 Å². The predicted molar refractivity (Wildman–Crippen MR) is 107 cm³/mol. The molecule has 0 saturated carbocycles. The second kappa shape index (κ2) is 6.19. The normalized spacial score (nSPS) is 31.3. The van der Waals surface area contributed by atoms with Gasteiger partial charge in [-0.2, -0.15) is 13.2 Å². The standard InChI is InChI=1S/C23H18F3N3O3/c24-23(25,26)13-7-2-4-9-15(13)29-19(30)17-16-10-5-11-28(16)22(18(17)20(29)31)12-6-1-3-8-14(12)27-21(22)32/h1-4,6-9,16-18H,5,10-11H2,(H,27,32)/t16-,17+,18-,22-/m0/s1. The third-order valence-electron chi connectivity index (χ3n) is 7.35. The lowest BCUT2D eigenvalue weighted by Crippen LogP contribution is -2.54. The second-order valence-corrected chi connectivity index (χ2v) is 8.70. The Balaban J connectivity index is 1.56. The van der Waals surface area contributed by atoms with Crippen LogP contribution in [0.15, 0.2) is 48.5 Å². The minimum absolute atomic E-state index is 0.378. The molecule has 0 bridgehead atoms. The molecule has 1 N–H and O–H groups in total. The van der Waals surface area contributed by atoms with E-state index in [2.05, 4.69) is 5.32 Å². The highest BCUT2D eigenvalue weighted by molar-refractivity contribution is 6.26. The Morgan fingerprint density at radius 3 is 2.47 bits per heavy atom. The van der Waals surface area contributed by atoms with Gasteiger partial charge in [0.05, 0.1) is 23.1 Å². The van der Waals surface area contributed by atoms with Crippen molar-refractivity contribution < 1.29 is 27.6 Å². The summed E-state index contributed by atoms with van der Waals surface area (Å²) in [6, 6.07) is 11.2. The van der Waals surface area contributed by atoms with Crippen molar-refractivity contribution in [2.24, 2.45) is 11.8 Å². The molecule has 6 nitrogen and oxygen atoms in total. The van der Waals surface area contributed by atoms with Gasteiger partial charge in [-0.3, -0.25) is 19.3 Å². The zero-order valence-electron chi connectivity index (χ0n) is 16.7. The van der Waals surface area contributed by atoms with Crippen LogP contribution in [0.5, 0.6) is 0 Å². The van der Waals surface area contributed by atoms with Crippen LogP contribution in [0.4, 0.5) is 24.5 Å². The average Bonchev–Trinajstić information content (AvgIpc) is 3.45. The van der Waals surface area contributed by atoms with Gasteiger partial charge in [-0.25, -0.2) is 4.90 Å². The summed E-state index contributed by atoms with van der Waals surface area (Å²) < 4.78 is 41.1. The van der Waals surface area contributed by atoms with E-state index >= 15 is 0 Å². The first-order chi connectivity index (χ1) is 15.3. The molecule has 164 valence electrons. The van der Waals surface area contributed by atoms with Gasteiger partial charge in [-0.1, -0.05) is 30.3 Å². The van der Waals surface area contributed by atoms with E-state index in [1.165, 1.54) is 12.1 Å². The molecular weight excluding hydrogens is 423 g/mol. The first-order valence-electron chi connectivity index (χ1n) is 10.5. The molecule has 4 aliphatic heterocycles. The molecule has 3 saturated heterocycles. The zero-order valence-corrected chi connectivity index (χ0v) is 16.7. The highest BCUT2D eigenvalue weighted by Crippen LogP contribution is 2.61. The molecule has 3 fully saturated rings. The predicted octanol–water partition coefficient (Wildman–Crippen LogP) is 3.14. The van der Waals surface area contributed by atoms with E-state index in [4.69, 9.17) is 0 Å². The molecular formula is C23H18F3N3O3. The van der Waals surface area contributed by atoms with E-state index in [0.29, 0.717) is 29.1 Å². The molecule has 1 spiro atoms. The number of carbonyl (C=O) groups is 3. The Morgan fingerprint density at radius 2 is 1.69 bits per heavy atom. The number of hydrogen-bond donors (Lipinski definition) is 1. The number of nitrogens with one attached hydrogen (secondary N) is 1. The Morgan fingerprint density at radius 1 is 0.969 bits per heavy atom. The Bertz CT molecular complexity index is 1200. The van der Waals surface area contributed by atoms with E-state index in [-0.39, 0.29) is 6.04 Å². The van der Waals surface area contributed by atoms with Crippen LogP contribution in [0.25, 0.3) is 0 Å². The molecule has 4 aliphatic rings. The van der Waals surface area contributed by atoms with Crippen LogP contribution >= 0.6 is 0 Å². The third kappa shape index (κ3) is 2.16. The monoisotopic (exact) mass is 441 g/mol. The number of para-hydroxylation sites is 2. The number of alkyl halides is 3. The quantitative estimate of drug-likeness (QED) is 0.691. The van der Waals surface area contributed by atoms with Gasteiger partial charge in [0, 0.05) is 17.3 Å². The highest BCUT2D eigenvalue weighted by atomic mass is 19.4. The van der Waals surface area contributed by atoms with E-state index < -0.39 is 52.5 Å². The number of fused-ring (bicyclic) bond motifs is 7. The molecule has 4 atom stereocenters. The molecule has 6 rings (SSSR count). The molecule has 0 aromatic heterocycles. The number of benzene rings is 2. The fourth-order valence-corrected chi connectivity index (χ4v) is 6.30. The maximum Gasteiger partial charge on any atom is 0.418 e. The molecule has 32 heavy (non-hydrogen) atoms. The molecule has 4 heterocycles. The van der Waals surface area contributed by atoms with Gasteiger partial charge in [0.2, 0.25) is 17.7 Å². The number of hydrogen-bond acceptors (Lipinski definition) is 4. The minimum atomic E-state index is -4.73. The Labute approximate surface area is 181 Å². The molecule has 0 unspecified atom stereocenters. The lowest BCUT2D eigenvalue weighted by Gasteiger charge is -2.36. The fourth-order valence-electron chi connectivity index (χ4n) is 6.30. The fraction of sp³-hybridized carbons (Fsp3) is 0.348. The summed E-state index contributed by atoms with van der Waals surface area (Å²) in [7, 11) is 0. The summed E-state index contributed by atoms with van der Waals surface area (Å²) in [5.74, 6) is -3.76. The van der Waals surface area contributed by atoms with Crippen LogP contribution in [-0.4, -0.2) is 35.2 Å². The smallest absolute Gasteiger partial charge is 0.324 e. The van der Waals surface area contributed by atoms with Crippen molar-refractivity contribution in [3.8, 4) is 0 Å². The van der Waals surface area contributed by atoms with Crippen LogP contribution in [0.1, 0.15) is 24.0 Å². The van der Waals surface area contributed by atoms with Crippen molar-refractivity contribution in [2.75, 3.05) is 16.8 Å². The van der Waals surface area contributed by atoms with Gasteiger partial charge in [0.15, 0.2) is 0 Å². The molecule has 2 aromatic carbocycles. The van der Waals surface area contributed by atoms with Crippen LogP contribution < -0.4 is 10.2 Å². The van der Waals surface area contributed by atoms with Crippen molar-refractivity contribution in [3.63, 3.8) is 0 Å². The summed E-state index contributed by atoms with van der Waals surface area (Å²) in [5.41, 5.74) is -1.74. The number of anilines is 2. The first kappa shape index (κ1) is 19.5. The van der Waals surface area contributed by atoms with E-state index in [9.17, 15) is 27.6 Å². The number of imide groups is 1. The molecule has 2 aromatic rings. The van der Waals surface area contributed by atoms with Gasteiger partial charge in [0.25, 0.3) is 0 Å². The van der Waals surface area contributed by atoms with E-state index in [1.54, 1.807) is 24.3 Å². The zero-order chi connectivity index (χ0) is 22.4. The first-order valence-corrected chi connectivity index (χ1v) is 10.5. The van der Waals surface area contributed by atoms with Crippen molar-refractivity contribution in [2.45, 2.75) is 30.6 Å². The molecule has 3 amide bonds. The van der Waals surface area contributed by atoms with Gasteiger partial charge in [0.1, 0.15) is 5.54 Å². The average molecular weight is 441 g/mol. The number of nitrogens with zero attached hydrogens (tertiary/aromatic N) is 2. The number of rotatable bonds is 1. The van der Waals surface area contributed by atoms with E-state index in [0.717, 1.165) is 18.6 Å². The van der Waals surface area contributed by atoms with Gasteiger partial charge < -0.3 is 5.32 Å².